The molecule has 0 radical (unpaired) electrons. The number of carbonyl (C=O) groups excluding carboxylic acids is 1. The van der Waals surface area contributed by atoms with E-state index in [9.17, 15) is 17.6 Å². The van der Waals surface area contributed by atoms with Gasteiger partial charge in [0.25, 0.3) is 0 Å². The maximum atomic E-state index is 13.3. The van der Waals surface area contributed by atoms with Gasteiger partial charge in [0.15, 0.2) is 9.84 Å². The van der Waals surface area contributed by atoms with Crippen LogP contribution in [0.1, 0.15) is 24.0 Å². The number of likely N-dealkylation sites (tertiary alicyclic amines) is 1. The molecular formula is C20H21ClFNO3S. The third-order valence-electron chi connectivity index (χ3n) is 4.93. The lowest BCUT2D eigenvalue weighted by molar-refractivity contribution is -0.130. The second-order valence-corrected chi connectivity index (χ2v) is 9.50. The van der Waals surface area contributed by atoms with Crippen LogP contribution < -0.4 is 0 Å². The molecule has 1 saturated heterocycles. The van der Waals surface area contributed by atoms with Gasteiger partial charge in [-0.15, -0.1) is 0 Å². The molecule has 144 valence electrons. The number of benzene rings is 2. The van der Waals surface area contributed by atoms with Crippen LogP contribution in [0.15, 0.2) is 47.4 Å². The van der Waals surface area contributed by atoms with Gasteiger partial charge in [-0.25, -0.2) is 12.8 Å². The summed E-state index contributed by atoms with van der Waals surface area (Å²) in [4.78, 5) is 14.3. The van der Waals surface area contributed by atoms with Crippen molar-refractivity contribution in [1.29, 1.82) is 0 Å². The molecule has 0 spiro atoms. The van der Waals surface area contributed by atoms with E-state index in [2.05, 4.69) is 0 Å². The quantitative estimate of drug-likeness (QED) is 0.754. The lowest BCUT2D eigenvalue weighted by Gasteiger charge is -2.17. The van der Waals surface area contributed by atoms with E-state index in [-0.39, 0.29) is 29.6 Å². The topological polar surface area (TPSA) is 54.5 Å². The molecular weight excluding hydrogens is 389 g/mol. The molecule has 3 rings (SSSR count). The van der Waals surface area contributed by atoms with E-state index in [0.717, 1.165) is 5.56 Å². The molecule has 1 atom stereocenters. The SMILES string of the molecule is Cc1cc(CCC(=O)N2CCC(S(=O)(=O)c3ccc(Cl)cc3)C2)ccc1F. The number of sulfone groups is 1. The van der Waals surface area contributed by atoms with Crippen LogP contribution in [0.3, 0.4) is 0 Å². The van der Waals surface area contributed by atoms with E-state index >= 15 is 0 Å². The van der Waals surface area contributed by atoms with Crippen LogP contribution in [0.25, 0.3) is 0 Å². The van der Waals surface area contributed by atoms with Gasteiger partial charge >= 0.3 is 0 Å². The van der Waals surface area contributed by atoms with Gasteiger partial charge in [0.2, 0.25) is 5.91 Å². The number of halogens is 2. The Bertz CT molecular complexity index is 944. The van der Waals surface area contributed by atoms with Crippen molar-refractivity contribution in [2.45, 2.75) is 36.3 Å². The Morgan fingerprint density at radius 1 is 1.22 bits per heavy atom. The molecule has 1 amide bonds. The summed E-state index contributed by atoms with van der Waals surface area (Å²) in [6, 6.07) is 10.9. The highest BCUT2D eigenvalue weighted by molar-refractivity contribution is 7.92. The largest absolute Gasteiger partial charge is 0.341 e. The fourth-order valence-electron chi connectivity index (χ4n) is 3.30. The fraction of sp³-hybridized carbons (Fsp3) is 0.350. The maximum Gasteiger partial charge on any atom is 0.222 e. The zero-order valence-electron chi connectivity index (χ0n) is 15.0. The van der Waals surface area contributed by atoms with Crippen molar-refractivity contribution in [1.82, 2.24) is 4.90 Å². The van der Waals surface area contributed by atoms with Gasteiger partial charge in [-0.1, -0.05) is 23.7 Å². The first kappa shape index (κ1) is 19.8. The van der Waals surface area contributed by atoms with Crippen molar-refractivity contribution in [2.75, 3.05) is 13.1 Å². The maximum absolute atomic E-state index is 13.3. The number of rotatable bonds is 5. The monoisotopic (exact) mass is 409 g/mol. The van der Waals surface area contributed by atoms with Crippen molar-refractivity contribution in [3.8, 4) is 0 Å². The molecule has 1 unspecified atom stereocenters. The number of hydrogen-bond acceptors (Lipinski definition) is 3. The van der Waals surface area contributed by atoms with Gasteiger partial charge < -0.3 is 4.90 Å². The van der Waals surface area contributed by atoms with E-state index in [4.69, 9.17) is 11.6 Å². The highest BCUT2D eigenvalue weighted by Gasteiger charge is 2.35. The zero-order valence-corrected chi connectivity index (χ0v) is 16.6. The lowest BCUT2D eigenvalue weighted by atomic mass is 10.1. The Balaban J connectivity index is 1.60. The molecule has 0 aromatic heterocycles. The number of carbonyl (C=O) groups is 1. The van der Waals surface area contributed by atoms with Crippen molar-refractivity contribution in [3.63, 3.8) is 0 Å². The molecule has 7 heteroatoms. The van der Waals surface area contributed by atoms with Crippen LogP contribution in [0.4, 0.5) is 4.39 Å². The second kappa shape index (κ2) is 7.98. The summed E-state index contributed by atoms with van der Waals surface area (Å²) in [5, 5.41) is -0.121. The smallest absolute Gasteiger partial charge is 0.222 e. The van der Waals surface area contributed by atoms with E-state index in [1.807, 2.05) is 0 Å². The minimum Gasteiger partial charge on any atom is -0.341 e. The highest BCUT2D eigenvalue weighted by Crippen LogP contribution is 2.25. The summed E-state index contributed by atoms with van der Waals surface area (Å²) in [5.74, 6) is -0.342. The Morgan fingerprint density at radius 2 is 1.93 bits per heavy atom. The summed E-state index contributed by atoms with van der Waals surface area (Å²) in [6.07, 6.45) is 1.20. The molecule has 0 N–H and O–H groups in total. The Kier molecular flexibility index (Phi) is 5.86. The summed E-state index contributed by atoms with van der Waals surface area (Å²) < 4.78 is 38.8. The molecule has 2 aromatic rings. The summed E-state index contributed by atoms with van der Waals surface area (Å²) in [6.45, 7) is 2.32. The van der Waals surface area contributed by atoms with Crippen molar-refractivity contribution < 1.29 is 17.6 Å². The first-order valence-electron chi connectivity index (χ1n) is 8.79. The zero-order chi connectivity index (χ0) is 19.6. The van der Waals surface area contributed by atoms with Crippen LogP contribution in [0, 0.1) is 12.7 Å². The van der Waals surface area contributed by atoms with Crippen LogP contribution in [-0.2, 0) is 21.1 Å². The Hall–Kier alpha value is -1.92. The van der Waals surface area contributed by atoms with Crippen molar-refractivity contribution >= 4 is 27.3 Å². The van der Waals surface area contributed by atoms with Gasteiger partial charge in [-0.3, -0.25) is 4.79 Å². The third kappa shape index (κ3) is 4.50. The predicted molar refractivity (Wildman–Crippen MR) is 103 cm³/mol. The van der Waals surface area contributed by atoms with Crippen LogP contribution in [0.2, 0.25) is 5.02 Å². The fourth-order valence-corrected chi connectivity index (χ4v) is 5.11. The van der Waals surface area contributed by atoms with Crippen LogP contribution in [0.5, 0.6) is 0 Å². The van der Waals surface area contributed by atoms with Crippen LogP contribution >= 0.6 is 11.6 Å². The number of hydrogen-bond donors (Lipinski definition) is 0. The highest BCUT2D eigenvalue weighted by atomic mass is 35.5. The molecule has 0 bridgehead atoms. The van der Waals surface area contributed by atoms with Gasteiger partial charge in [0.1, 0.15) is 5.82 Å². The number of aryl methyl sites for hydroxylation is 2. The molecule has 1 aliphatic rings. The first-order valence-corrected chi connectivity index (χ1v) is 10.7. The van der Waals surface area contributed by atoms with E-state index < -0.39 is 15.1 Å². The summed E-state index contributed by atoms with van der Waals surface area (Å²) in [5.41, 5.74) is 1.45. The molecule has 0 saturated carbocycles. The normalized spacial score (nSPS) is 17.3. The predicted octanol–water partition coefficient (Wildman–Crippen LogP) is 3.79. The molecule has 1 heterocycles. The molecule has 27 heavy (non-hydrogen) atoms. The minimum absolute atomic E-state index is 0.0780. The van der Waals surface area contributed by atoms with Crippen LogP contribution in [-0.4, -0.2) is 37.6 Å². The third-order valence-corrected chi connectivity index (χ3v) is 7.37. The number of amides is 1. The molecule has 1 fully saturated rings. The van der Waals surface area contributed by atoms with Crippen molar-refractivity contribution in [2.24, 2.45) is 0 Å². The summed E-state index contributed by atoms with van der Waals surface area (Å²) in [7, 11) is -3.49. The van der Waals surface area contributed by atoms with Gasteiger partial charge in [-0.2, -0.15) is 0 Å². The average molecular weight is 410 g/mol. The van der Waals surface area contributed by atoms with E-state index in [1.54, 1.807) is 36.1 Å². The Morgan fingerprint density at radius 3 is 2.59 bits per heavy atom. The molecule has 1 aliphatic heterocycles. The molecule has 0 aliphatic carbocycles. The summed E-state index contributed by atoms with van der Waals surface area (Å²) >= 11 is 5.82. The van der Waals surface area contributed by atoms with E-state index in [1.165, 1.54) is 18.2 Å². The van der Waals surface area contributed by atoms with Crippen molar-refractivity contribution in [3.05, 3.63) is 64.4 Å². The minimum atomic E-state index is -3.49. The number of nitrogens with zero attached hydrogens (tertiary/aromatic N) is 1. The van der Waals surface area contributed by atoms with E-state index in [0.29, 0.717) is 30.0 Å². The molecule has 4 nitrogen and oxygen atoms in total. The standard InChI is InChI=1S/C20H21ClFNO3S/c1-14-12-15(2-8-19(14)22)3-9-20(24)23-11-10-18(13-23)27(25,26)17-6-4-16(21)5-7-17/h2,4-8,12,18H,3,9-11,13H2,1H3. The van der Waals surface area contributed by atoms with Gasteiger partial charge in [-0.05, 0) is 61.2 Å². The molecule has 2 aromatic carbocycles. The lowest BCUT2D eigenvalue weighted by Crippen LogP contribution is -2.32. The first-order chi connectivity index (χ1) is 12.8. The van der Waals surface area contributed by atoms with Gasteiger partial charge in [0.05, 0.1) is 10.1 Å². The van der Waals surface area contributed by atoms with Gasteiger partial charge in [0, 0.05) is 24.5 Å². The second-order valence-electron chi connectivity index (χ2n) is 6.83. The average Bonchev–Trinajstić information content (AvgIpc) is 3.14. The Labute approximate surface area is 163 Å².